The summed E-state index contributed by atoms with van der Waals surface area (Å²) in [5.41, 5.74) is 0.0740. The lowest BCUT2D eigenvalue weighted by Crippen LogP contribution is -2.44. The molecule has 1 aromatic heterocycles. The van der Waals surface area contributed by atoms with Crippen molar-refractivity contribution in [1.29, 1.82) is 0 Å². The number of hydrogen-bond donors (Lipinski definition) is 0. The topological polar surface area (TPSA) is 68.5 Å². The molecular formula is C13H19N3O3. The van der Waals surface area contributed by atoms with Crippen molar-refractivity contribution in [3.8, 4) is 0 Å². The van der Waals surface area contributed by atoms with Crippen LogP contribution in [0.5, 0.6) is 0 Å². The summed E-state index contributed by atoms with van der Waals surface area (Å²) in [6.07, 6.45) is 3.53. The van der Waals surface area contributed by atoms with Gasteiger partial charge in [-0.2, -0.15) is 0 Å². The summed E-state index contributed by atoms with van der Waals surface area (Å²) in [7, 11) is 0. The predicted octanol–water partition coefficient (Wildman–Crippen LogP) is 2.39. The highest BCUT2D eigenvalue weighted by Gasteiger charge is 2.47. The Bertz CT molecular complexity index is 443. The van der Waals surface area contributed by atoms with E-state index in [1.807, 2.05) is 13.8 Å². The highest BCUT2D eigenvalue weighted by Crippen LogP contribution is 2.42. The molecule has 0 bridgehead atoms. The van der Waals surface area contributed by atoms with Gasteiger partial charge in [-0.3, -0.25) is 10.1 Å². The number of morpholine rings is 1. The highest BCUT2D eigenvalue weighted by atomic mass is 16.6. The van der Waals surface area contributed by atoms with Crippen LogP contribution < -0.4 is 4.90 Å². The van der Waals surface area contributed by atoms with E-state index in [9.17, 15) is 10.1 Å². The molecule has 19 heavy (non-hydrogen) atoms. The van der Waals surface area contributed by atoms with Crippen molar-refractivity contribution in [3.05, 3.63) is 28.4 Å². The number of rotatable bonds is 2. The molecule has 2 heterocycles. The molecule has 0 unspecified atom stereocenters. The number of ether oxygens (including phenoxy) is 1. The van der Waals surface area contributed by atoms with Gasteiger partial charge >= 0.3 is 0 Å². The van der Waals surface area contributed by atoms with Crippen molar-refractivity contribution in [3.63, 3.8) is 0 Å². The molecule has 0 N–H and O–H groups in total. The van der Waals surface area contributed by atoms with Crippen molar-refractivity contribution in [2.24, 2.45) is 0 Å². The Balaban J connectivity index is 0.000000637. The molecule has 104 valence electrons. The van der Waals surface area contributed by atoms with Crippen LogP contribution in [-0.2, 0) is 4.74 Å². The quantitative estimate of drug-likeness (QED) is 0.606. The Hall–Kier alpha value is -1.69. The van der Waals surface area contributed by atoms with E-state index >= 15 is 0 Å². The van der Waals surface area contributed by atoms with Crippen LogP contribution in [0.15, 0.2) is 18.3 Å². The summed E-state index contributed by atoms with van der Waals surface area (Å²) in [6.45, 7) is 6.35. The smallest absolute Gasteiger partial charge is 0.287 e. The second-order valence-electron chi connectivity index (χ2n) is 4.58. The number of hydrogen-bond acceptors (Lipinski definition) is 5. The Morgan fingerprint density at radius 2 is 2.16 bits per heavy atom. The zero-order valence-electron chi connectivity index (χ0n) is 11.3. The van der Waals surface area contributed by atoms with Crippen LogP contribution in [-0.4, -0.2) is 35.2 Å². The van der Waals surface area contributed by atoms with E-state index in [1.165, 1.54) is 12.3 Å². The lowest BCUT2D eigenvalue weighted by atomic mass is 10.2. The van der Waals surface area contributed by atoms with E-state index in [0.29, 0.717) is 6.61 Å². The summed E-state index contributed by atoms with van der Waals surface area (Å²) < 4.78 is 5.71. The molecule has 1 aliphatic carbocycles. The highest BCUT2D eigenvalue weighted by molar-refractivity contribution is 5.44. The zero-order valence-corrected chi connectivity index (χ0v) is 11.3. The van der Waals surface area contributed by atoms with E-state index in [2.05, 4.69) is 9.88 Å². The molecule has 2 aliphatic rings. The summed E-state index contributed by atoms with van der Waals surface area (Å²) in [5, 5.41) is 10.5. The fourth-order valence-electron chi connectivity index (χ4n) is 2.16. The lowest BCUT2D eigenvalue weighted by molar-refractivity contribution is -0.385. The lowest BCUT2D eigenvalue weighted by Gasteiger charge is -2.33. The first-order valence-corrected chi connectivity index (χ1v) is 6.68. The van der Waals surface area contributed by atoms with Crippen LogP contribution in [0.2, 0.25) is 0 Å². The van der Waals surface area contributed by atoms with Crippen molar-refractivity contribution < 1.29 is 9.66 Å². The van der Waals surface area contributed by atoms with Crippen LogP contribution in [0.4, 0.5) is 11.5 Å². The maximum absolute atomic E-state index is 10.5. The monoisotopic (exact) mass is 265 g/mol. The standard InChI is InChI=1S/C11H13N3O3.C2H6/c15-14(16)9-1-2-10(12-7-9)13-5-6-17-11(8-13)3-4-11;1-2/h1-2,7H,3-6,8H2;1-2H3. The first kappa shape index (κ1) is 13.7. The van der Waals surface area contributed by atoms with Gasteiger partial charge in [0.1, 0.15) is 12.0 Å². The molecule has 0 atom stereocenters. The average molecular weight is 265 g/mol. The average Bonchev–Trinajstić information content (AvgIpc) is 3.20. The van der Waals surface area contributed by atoms with Crippen molar-refractivity contribution >= 4 is 11.5 Å². The van der Waals surface area contributed by atoms with Gasteiger partial charge in [0.25, 0.3) is 5.69 Å². The van der Waals surface area contributed by atoms with Crippen molar-refractivity contribution in [2.45, 2.75) is 32.3 Å². The van der Waals surface area contributed by atoms with E-state index in [-0.39, 0.29) is 11.3 Å². The van der Waals surface area contributed by atoms with Gasteiger partial charge in [-0.05, 0) is 18.9 Å². The van der Waals surface area contributed by atoms with Gasteiger partial charge in [0.2, 0.25) is 0 Å². The van der Waals surface area contributed by atoms with E-state index < -0.39 is 4.92 Å². The SMILES string of the molecule is CC.O=[N+]([O-])c1ccc(N2CCOC3(CC3)C2)nc1. The summed E-state index contributed by atoms with van der Waals surface area (Å²) in [4.78, 5) is 16.4. The van der Waals surface area contributed by atoms with Gasteiger partial charge in [0.05, 0.1) is 17.1 Å². The third kappa shape index (κ3) is 3.01. The Labute approximate surface area is 112 Å². The Kier molecular flexibility index (Phi) is 3.99. The second kappa shape index (κ2) is 5.52. The van der Waals surface area contributed by atoms with E-state index in [4.69, 9.17) is 4.74 Å². The van der Waals surface area contributed by atoms with Gasteiger partial charge in [-0.1, -0.05) is 13.8 Å². The molecule has 3 rings (SSSR count). The van der Waals surface area contributed by atoms with Gasteiger partial charge < -0.3 is 9.64 Å². The normalized spacial score (nSPS) is 19.6. The first-order valence-electron chi connectivity index (χ1n) is 6.68. The fraction of sp³-hybridized carbons (Fsp3) is 0.615. The Morgan fingerprint density at radius 3 is 2.68 bits per heavy atom. The largest absolute Gasteiger partial charge is 0.371 e. The number of aromatic nitrogens is 1. The molecule has 1 aliphatic heterocycles. The van der Waals surface area contributed by atoms with Crippen LogP contribution >= 0.6 is 0 Å². The molecule has 1 saturated carbocycles. The molecule has 6 nitrogen and oxygen atoms in total. The summed E-state index contributed by atoms with van der Waals surface area (Å²) >= 11 is 0. The maximum atomic E-state index is 10.5. The number of nitro groups is 1. The van der Waals surface area contributed by atoms with Gasteiger partial charge in [0, 0.05) is 19.2 Å². The minimum Gasteiger partial charge on any atom is -0.371 e. The van der Waals surface area contributed by atoms with Gasteiger partial charge in [-0.25, -0.2) is 4.98 Å². The molecule has 2 fully saturated rings. The van der Waals surface area contributed by atoms with Gasteiger partial charge in [0.15, 0.2) is 0 Å². The number of pyridine rings is 1. The third-order valence-electron chi connectivity index (χ3n) is 3.32. The molecule has 1 aromatic rings. The van der Waals surface area contributed by atoms with Crippen LogP contribution in [0, 0.1) is 10.1 Å². The Morgan fingerprint density at radius 1 is 1.42 bits per heavy atom. The third-order valence-corrected chi connectivity index (χ3v) is 3.32. The molecule has 0 amide bonds. The maximum Gasteiger partial charge on any atom is 0.287 e. The number of anilines is 1. The van der Waals surface area contributed by atoms with Crippen LogP contribution in [0.1, 0.15) is 26.7 Å². The van der Waals surface area contributed by atoms with Gasteiger partial charge in [-0.15, -0.1) is 0 Å². The van der Waals surface area contributed by atoms with Crippen LogP contribution in [0.25, 0.3) is 0 Å². The van der Waals surface area contributed by atoms with E-state index in [1.54, 1.807) is 6.07 Å². The summed E-state index contributed by atoms with van der Waals surface area (Å²) in [6, 6.07) is 3.21. The molecular weight excluding hydrogens is 246 g/mol. The summed E-state index contributed by atoms with van der Waals surface area (Å²) in [5.74, 6) is 0.796. The minimum absolute atomic E-state index is 0.0307. The zero-order chi connectivity index (χ0) is 13.9. The first-order chi connectivity index (χ1) is 9.19. The molecule has 6 heteroatoms. The molecule has 0 aromatic carbocycles. The second-order valence-corrected chi connectivity index (χ2v) is 4.58. The molecule has 0 radical (unpaired) electrons. The predicted molar refractivity (Wildman–Crippen MR) is 72.4 cm³/mol. The molecule has 1 saturated heterocycles. The fourth-order valence-corrected chi connectivity index (χ4v) is 2.16. The van der Waals surface area contributed by atoms with Crippen molar-refractivity contribution in [2.75, 3.05) is 24.6 Å². The van der Waals surface area contributed by atoms with Crippen LogP contribution in [0.3, 0.4) is 0 Å². The minimum atomic E-state index is -0.432. The van der Waals surface area contributed by atoms with E-state index in [0.717, 1.165) is 31.7 Å². The number of nitrogens with zero attached hydrogens (tertiary/aromatic N) is 3. The molecule has 1 spiro atoms. The van der Waals surface area contributed by atoms with Crippen molar-refractivity contribution in [1.82, 2.24) is 4.98 Å².